The Labute approximate surface area is 123 Å². The number of carboxylic acid groups (broad SMARTS) is 1. The summed E-state index contributed by atoms with van der Waals surface area (Å²) in [6, 6.07) is 7.80. The molecule has 5 nitrogen and oxygen atoms in total. The predicted molar refractivity (Wildman–Crippen MR) is 75.9 cm³/mol. The molecule has 21 heavy (non-hydrogen) atoms. The van der Waals surface area contributed by atoms with Crippen molar-refractivity contribution in [3.05, 3.63) is 29.8 Å². The zero-order valence-electron chi connectivity index (χ0n) is 12.0. The standard InChI is InChI=1S/C16H19NO4/c1-21-11-5-2-4-10(8-11)14-6-3-7-17(14)15(18)12-9-13(12)16(19)20/h2,4-5,8,12-14H,3,6-7,9H2,1H3,(H,19,20)/t12-,13+,14+/m1/s1. The number of methoxy groups -OCH3 is 1. The van der Waals surface area contributed by atoms with Gasteiger partial charge >= 0.3 is 5.97 Å². The quantitative estimate of drug-likeness (QED) is 0.921. The first-order valence-electron chi connectivity index (χ1n) is 7.29. The first kappa shape index (κ1) is 13.9. The Bertz CT molecular complexity index is 571. The highest BCUT2D eigenvalue weighted by atomic mass is 16.5. The molecule has 3 rings (SSSR count). The van der Waals surface area contributed by atoms with E-state index >= 15 is 0 Å². The van der Waals surface area contributed by atoms with Gasteiger partial charge in [0.15, 0.2) is 0 Å². The van der Waals surface area contributed by atoms with E-state index in [-0.39, 0.29) is 17.9 Å². The molecule has 1 aliphatic carbocycles. The normalized spacial score (nSPS) is 27.5. The van der Waals surface area contributed by atoms with Crippen molar-refractivity contribution in [1.82, 2.24) is 4.90 Å². The van der Waals surface area contributed by atoms with Gasteiger partial charge in [-0.05, 0) is 37.0 Å². The van der Waals surface area contributed by atoms with Crippen LogP contribution in [0.25, 0.3) is 0 Å². The van der Waals surface area contributed by atoms with E-state index < -0.39 is 11.9 Å². The third-order valence-electron chi connectivity index (χ3n) is 4.44. The molecule has 0 bridgehead atoms. The second kappa shape index (κ2) is 5.39. The van der Waals surface area contributed by atoms with E-state index in [1.807, 2.05) is 29.2 Å². The number of carbonyl (C=O) groups excluding carboxylic acids is 1. The second-order valence-electron chi connectivity index (χ2n) is 5.75. The zero-order chi connectivity index (χ0) is 15.0. The van der Waals surface area contributed by atoms with Crippen LogP contribution in [0.1, 0.15) is 30.9 Å². The van der Waals surface area contributed by atoms with Gasteiger partial charge < -0.3 is 14.7 Å². The Morgan fingerprint density at radius 1 is 1.33 bits per heavy atom. The topological polar surface area (TPSA) is 66.8 Å². The van der Waals surface area contributed by atoms with Gasteiger partial charge in [-0.15, -0.1) is 0 Å². The smallest absolute Gasteiger partial charge is 0.307 e. The van der Waals surface area contributed by atoms with Crippen LogP contribution in [-0.2, 0) is 9.59 Å². The molecule has 1 saturated heterocycles. The summed E-state index contributed by atoms with van der Waals surface area (Å²) in [6.45, 7) is 0.712. The fourth-order valence-corrected chi connectivity index (χ4v) is 3.18. The Hall–Kier alpha value is -2.04. The molecular weight excluding hydrogens is 270 g/mol. The molecule has 0 aromatic heterocycles. The van der Waals surface area contributed by atoms with Gasteiger partial charge in [-0.25, -0.2) is 0 Å². The first-order chi connectivity index (χ1) is 10.1. The second-order valence-corrected chi connectivity index (χ2v) is 5.75. The summed E-state index contributed by atoms with van der Waals surface area (Å²) in [4.78, 5) is 25.3. The van der Waals surface area contributed by atoms with Crippen LogP contribution >= 0.6 is 0 Å². The fourth-order valence-electron chi connectivity index (χ4n) is 3.18. The lowest BCUT2D eigenvalue weighted by molar-refractivity contribution is -0.142. The Morgan fingerprint density at radius 2 is 2.14 bits per heavy atom. The highest BCUT2D eigenvalue weighted by Crippen LogP contribution is 2.43. The van der Waals surface area contributed by atoms with Crippen molar-refractivity contribution >= 4 is 11.9 Å². The number of amides is 1. The molecule has 1 N–H and O–H groups in total. The largest absolute Gasteiger partial charge is 0.497 e. The number of hydrogen-bond donors (Lipinski definition) is 1. The molecule has 2 fully saturated rings. The van der Waals surface area contributed by atoms with E-state index in [1.165, 1.54) is 0 Å². The Balaban J connectivity index is 1.76. The predicted octanol–water partition coefficient (Wildman–Crippen LogP) is 2.08. The molecule has 1 aromatic carbocycles. The highest BCUT2D eigenvalue weighted by molar-refractivity contribution is 5.89. The molecule has 1 amide bonds. The maximum Gasteiger partial charge on any atom is 0.307 e. The van der Waals surface area contributed by atoms with Crippen molar-refractivity contribution in [3.8, 4) is 5.75 Å². The maximum atomic E-state index is 12.5. The molecule has 0 unspecified atom stereocenters. The number of ether oxygens (including phenoxy) is 1. The van der Waals surface area contributed by atoms with E-state index in [0.29, 0.717) is 13.0 Å². The van der Waals surface area contributed by atoms with Crippen molar-refractivity contribution in [2.24, 2.45) is 11.8 Å². The maximum absolute atomic E-state index is 12.5. The molecule has 3 atom stereocenters. The molecule has 112 valence electrons. The lowest BCUT2D eigenvalue weighted by Crippen LogP contribution is -2.32. The molecule has 0 spiro atoms. The summed E-state index contributed by atoms with van der Waals surface area (Å²) in [7, 11) is 1.62. The minimum absolute atomic E-state index is 0.00674. The van der Waals surface area contributed by atoms with Crippen LogP contribution in [0, 0.1) is 11.8 Å². The number of carboxylic acids is 1. The van der Waals surface area contributed by atoms with Crippen LogP contribution in [0.3, 0.4) is 0 Å². The van der Waals surface area contributed by atoms with E-state index in [9.17, 15) is 9.59 Å². The van der Waals surface area contributed by atoms with Crippen LogP contribution in [0.5, 0.6) is 5.75 Å². The molecule has 1 saturated carbocycles. The molecular formula is C16H19NO4. The zero-order valence-corrected chi connectivity index (χ0v) is 12.0. The summed E-state index contributed by atoms with van der Waals surface area (Å²) in [6.07, 6.45) is 2.36. The number of aliphatic carboxylic acids is 1. The number of likely N-dealkylation sites (tertiary alicyclic amines) is 1. The fraction of sp³-hybridized carbons (Fsp3) is 0.500. The summed E-state index contributed by atoms with van der Waals surface area (Å²) < 4.78 is 5.24. The average Bonchev–Trinajstić information content (AvgIpc) is 3.16. The van der Waals surface area contributed by atoms with Crippen molar-refractivity contribution in [1.29, 1.82) is 0 Å². The molecule has 1 aliphatic heterocycles. The van der Waals surface area contributed by atoms with Gasteiger partial charge in [0.05, 0.1) is 25.0 Å². The third kappa shape index (κ3) is 2.60. The number of carbonyl (C=O) groups is 2. The Morgan fingerprint density at radius 3 is 2.81 bits per heavy atom. The van der Waals surface area contributed by atoms with Gasteiger partial charge in [0.1, 0.15) is 5.75 Å². The highest BCUT2D eigenvalue weighted by Gasteiger charge is 2.51. The number of hydrogen-bond acceptors (Lipinski definition) is 3. The Kier molecular flexibility index (Phi) is 3.57. The van der Waals surface area contributed by atoms with Crippen LogP contribution in [-0.4, -0.2) is 35.5 Å². The SMILES string of the molecule is COc1cccc([C@@H]2CCCN2C(=O)[C@@H]2C[C@@H]2C(=O)O)c1. The molecule has 1 heterocycles. The van der Waals surface area contributed by atoms with Gasteiger partial charge in [0.25, 0.3) is 0 Å². The average molecular weight is 289 g/mol. The number of nitrogens with zero attached hydrogens (tertiary/aromatic N) is 1. The first-order valence-corrected chi connectivity index (χ1v) is 7.29. The molecule has 0 radical (unpaired) electrons. The van der Waals surface area contributed by atoms with Gasteiger partial charge in [-0.1, -0.05) is 12.1 Å². The third-order valence-corrected chi connectivity index (χ3v) is 4.44. The lowest BCUT2D eigenvalue weighted by atomic mass is 10.0. The van der Waals surface area contributed by atoms with E-state index in [1.54, 1.807) is 7.11 Å². The monoisotopic (exact) mass is 289 g/mol. The number of rotatable bonds is 4. The van der Waals surface area contributed by atoms with E-state index in [4.69, 9.17) is 9.84 Å². The van der Waals surface area contributed by atoms with Crippen LogP contribution < -0.4 is 4.74 Å². The molecule has 2 aliphatic rings. The van der Waals surface area contributed by atoms with Crippen molar-refractivity contribution in [2.45, 2.75) is 25.3 Å². The van der Waals surface area contributed by atoms with Crippen LogP contribution in [0.2, 0.25) is 0 Å². The summed E-state index contributed by atoms with van der Waals surface area (Å²) >= 11 is 0. The van der Waals surface area contributed by atoms with E-state index in [2.05, 4.69) is 0 Å². The van der Waals surface area contributed by atoms with E-state index in [0.717, 1.165) is 24.2 Å². The minimum atomic E-state index is -0.856. The van der Waals surface area contributed by atoms with Gasteiger partial charge in [-0.3, -0.25) is 9.59 Å². The van der Waals surface area contributed by atoms with Crippen molar-refractivity contribution < 1.29 is 19.4 Å². The summed E-state index contributed by atoms with van der Waals surface area (Å²) in [5.74, 6) is -0.891. The lowest BCUT2D eigenvalue weighted by Gasteiger charge is -2.25. The number of benzene rings is 1. The van der Waals surface area contributed by atoms with Gasteiger partial charge in [0, 0.05) is 6.54 Å². The van der Waals surface area contributed by atoms with Gasteiger partial charge in [-0.2, -0.15) is 0 Å². The summed E-state index contributed by atoms with van der Waals surface area (Å²) in [5.41, 5.74) is 1.06. The van der Waals surface area contributed by atoms with Crippen molar-refractivity contribution in [2.75, 3.05) is 13.7 Å². The molecule has 5 heteroatoms. The van der Waals surface area contributed by atoms with Crippen LogP contribution in [0.15, 0.2) is 24.3 Å². The van der Waals surface area contributed by atoms with Gasteiger partial charge in [0.2, 0.25) is 5.91 Å². The minimum Gasteiger partial charge on any atom is -0.497 e. The van der Waals surface area contributed by atoms with Crippen LogP contribution in [0.4, 0.5) is 0 Å². The summed E-state index contributed by atoms with van der Waals surface area (Å²) in [5, 5.41) is 8.98. The molecule has 1 aromatic rings. The van der Waals surface area contributed by atoms with Crippen molar-refractivity contribution in [3.63, 3.8) is 0 Å².